The normalized spacial score (nSPS) is 11.0. The van der Waals surface area contributed by atoms with Gasteiger partial charge in [0.05, 0.1) is 12.2 Å². The van der Waals surface area contributed by atoms with Crippen LogP contribution in [0.1, 0.15) is 25.9 Å². The summed E-state index contributed by atoms with van der Waals surface area (Å²) in [7, 11) is 1.72. The van der Waals surface area contributed by atoms with Crippen molar-refractivity contribution in [1.82, 2.24) is 15.1 Å². The van der Waals surface area contributed by atoms with Crippen molar-refractivity contribution < 1.29 is 14.7 Å². The van der Waals surface area contributed by atoms with Crippen molar-refractivity contribution in [2.45, 2.75) is 13.5 Å². The smallest absolute Gasteiger partial charge is 0.328 e. The van der Waals surface area contributed by atoms with E-state index in [0.29, 0.717) is 12.2 Å². The SMILES string of the molecule is Cc1cc(C(=O)NCc2ccc(C=CC(=O)O)s2)n(C)n1. The van der Waals surface area contributed by atoms with E-state index in [1.165, 1.54) is 17.4 Å². The molecule has 2 aromatic rings. The van der Waals surface area contributed by atoms with Gasteiger partial charge in [-0.25, -0.2) is 4.79 Å². The summed E-state index contributed by atoms with van der Waals surface area (Å²) in [5, 5.41) is 15.5. The summed E-state index contributed by atoms with van der Waals surface area (Å²) in [6.07, 6.45) is 2.62. The lowest BCUT2D eigenvalue weighted by Gasteiger charge is -2.03. The Balaban J connectivity index is 1.95. The number of hydrogen-bond acceptors (Lipinski definition) is 4. The molecule has 0 saturated carbocycles. The third-order valence-electron chi connectivity index (χ3n) is 2.73. The van der Waals surface area contributed by atoms with Gasteiger partial charge < -0.3 is 10.4 Å². The van der Waals surface area contributed by atoms with E-state index >= 15 is 0 Å². The second kappa shape index (κ2) is 6.36. The number of aromatic nitrogens is 2. The van der Waals surface area contributed by atoms with Crippen LogP contribution in [0, 0.1) is 6.92 Å². The van der Waals surface area contributed by atoms with Crippen LogP contribution in [-0.2, 0) is 18.4 Å². The van der Waals surface area contributed by atoms with Gasteiger partial charge in [-0.05, 0) is 31.2 Å². The van der Waals surface area contributed by atoms with E-state index in [4.69, 9.17) is 5.11 Å². The fourth-order valence-electron chi connectivity index (χ4n) is 1.81. The summed E-state index contributed by atoms with van der Waals surface area (Å²) in [5.74, 6) is -1.17. The molecule has 0 spiro atoms. The topological polar surface area (TPSA) is 84.2 Å². The van der Waals surface area contributed by atoms with Crippen molar-refractivity contribution >= 4 is 29.3 Å². The monoisotopic (exact) mass is 305 g/mol. The summed E-state index contributed by atoms with van der Waals surface area (Å²) < 4.78 is 1.54. The zero-order chi connectivity index (χ0) is 15.4. The Bertz CT molecular complexity index is 700. The number of carboxylic acids is 1. The van der Waals surface area contributed by atoms with E-state index in [9.17, 15) is 9.59 Å². The summed E-state index contributed by atoms with van der Waals surface area (Å²) in [6, 6.07) is 5.41. The summed E-state index contributed by atoms with van der Waals surface area (Å²) in [4.78, 5) is 24.2. The highest BCUT2D eigenvalue weighted by Gasteiger charge is 2.11. The van der Waals surface area contributed by atoms with Crippen LogP contribution in [0.5, 0.6) is 0 Å². The van der Waals surface area contributed by atoms with Crippen LogP contribution in [0.2, 0.25) is 0 Å². The molecule has 0 radical (unpaired) electrons. The van der Waals surface area contributed by atoms with Gasteiger partial charge in [-0.15, -0.1) is 11.3 Å². The van der Waals surface area contributed by atoms with Crippen molar-refractivity contribution in [3.63, 3.8) is 0 Å². The number of rotatable bonds is 5. The Labute approximate surface area is 125 Å². The molecule has 0 aromatic carbocycles. The van der Waals surface area contributed by atoms with Gasteiger partial charge in [0.15, 0.2) is 0 Å². The first-order valence-electron chi connectivity index (χ1n) is 6.24. The standard InChI is InChI=1S/C14H15N3O3S/c1-9-7-12(17(2)16-9)14(20)15-8-11-4-3-10(21-11)5-6-13(18)19/h3-7H,8H2,1-2H3,(H,15,20)(H,18,19). The van der Waals surface area contributed by atoms with Gasteiger partial charge in [-0.2, -0.15) is 5.10 Å². The first-order valence-corrected chi connectivity index (χ1v) is 7.06. The first kappa shape index (κ1) is 15.0. The average Bonchev–Trinajstić information content (AvgIpc) is 3.00. The van der Waals surface area contributed by atoms with Crippen LogP contribution < -0.4 is 5.32 Å². The highest BCUT2D eigenvalue weighted by molar-refractivity contribution is 7.12. The third-order valence-corrected chi connectivity index (χ3v) is 3.78. The number of hydrogen-bond donors (Lipinski definition) is 2. The predicted octanol–water partition coefficient (Wildman–Crippen LogP) is 1.82. The van der Waals surface area contributed by atoms with Gasteiger partial charge in [0.25, 0.3) is 5.91 Å². The molecular formula is C14H15N3O3S. The van der Waals surface area contributed by atoms with Gasteiger partial charge >= 0.3 is 5.97 Å². The third kappa shape index (κ3) is 4.03. The number of thiophene rings is 1. The zero-order valence-corrected chi connectivity index (χ0v) is 12.5. The van der Waals surface area contributed by atoms with Crippen LogP contribution in [0.4, 0.5) is 0 Å². The highest BCUT2D eigenvalue weighted by atomic mass is 32.1. The molecule has 2 heterocycles. The number of amides is 1. The maximum Gasteiger partial charge on any atom is 0.328 e. The van der Waals surface area contributed by atoms with Crippen LogP contribution >= 0.6 is 11.3 Å². The van der Waals surface area contributed by atoms with Crippen molar-refractivity contribution in [1.29, 1.82) is 0 Å². The van der Waals surface area contributed by atoms with E-state index in [-0.39, 0.29) is 5.91 Å². The second-order valence-corrected chi connectivity index (χ2v) is 5.65. The minimum absolute atomic E-state index is 0.186. The maximum atomic E-state index is 12.0. The largest absolute Gasteiger partial charge is 0.478 e. The fourth-order valence-corrected chi connectivity index (χ4v) is 2.67. The number of aliphatic carboxylic acids is 1. The molecular weight excluding hydrogens is 290 g/mol. The molecule has 2 rings (SSSR count). The van der Waals surface area contributed by atoms with Gasteiger partial charge in [-0.3, -0.25) is 9.48 Å². The van der Waals surface area contributed by atoms with E-state index in [1.54, 1.807) is 17.8 Å². The van der Waals surface area contributed by atoms with E-state index in [2.05, 4.69) is 10.4 Å². The fraction of sp³-hybridized carbons (Fsp3) is 0.214. The molecule has 2 N–H and O–H groups in total. The summed E-state index contributed by atoms with van der Waals surface area (Å²) >= 11 is 1.43. The average molecular weight is 305 g/mol. The number of carbonyl (C=O) groups is 2. The highest BCUT2D eigenvalue weighted by Crippen LogP contribution is 2.17. The van der Waals surface area contributed by atoms with Gasteiger partial charge in [0.2, 0.25) is 0 Å². The quantitative estimate of drug-likeness (QED) is 0.825. The van der Waals surface area contributed by atoms with Crippen molar-refractivity contribution in [3.8, 4) is 0 Å². The minimum Gasteiger partial charge on any atom is -0.478 e. The molecule has 0 aliphatic carbocycles. The van der Waals surface area contributed by atoms with E-state index in [1.807, 2.05) is 19.1 Å². The lowest BCUT2D eigenvalue weighted by Crippen LogP contribution is -2.24. The molecule has 21 heavy (non-hydrogen) atoms. The maximum absolute atomic E-state index is 12.0. The molecule has 7 heteroatoms. The van der Waals surface area contributed by atoms with Gasteiger partial charge in [-0.1, -0.05) is 0 Å². The van der Waals surface area contributed by atoms with Crippen LogP contribution in [-0.4, -0.2) is 26.8 Å². The molecule has 6 nitrogen and oxygen atoms in total. The number of nitrogens with one attached hydrogen (secondary N) is 1. The van der Waals surface area contributed by atoms with Crippen LogP contribution in [0.25, 0.3) is 6.08 Å². The Morgan fingerprint density at radius 3 is 2.86 bits per heavy atom. The molecule has 110 valence electrons. The molecule has 0 bridgehead atoms. The van der Waals surface area contributed by atoms with Crippen molar-refractivity contribution in [2.75, 3.05) is 0 Å². The second-order valence-electron chi connectivity index (χ2n) is 4.45. The van der Waals surface area contributed by atoms with E-state index in [0.717, 1.165) is 21.5 Å². The summed E-state index contributed by atoms with van der Waals surface area (Å²) in [5.41, 5.74) is 1.30. The zero-order valence-electron chi connectivity index (χ0n) is 11.7. The molecule has 0 aliphatic rings. The Kier molecular flexibility index (Phi) is 4.54. The molecule has 0 atom stereocenters. The molecule has 0 saturated heterocycles. The Morgan fingerprint density at radius 1 is 1.48 bits per heavy atom. The molecule has 2 aromatic heterocycles. The Hall–Kier alpha value is -2.41. The number of nitrogens with zero attached hydrogens (tertiary/aromatic N) is 2. The van der Waals surface area contributed by atoms with Crippen molar-refractivity contribution in [3.05, 3.63) is 45.4 Å². The van der Waals surface area contributed by atoms with E-state index < -0.39 is 5.97 Å². The van der Waals surface area contributed by atoms with Crippen molar-refractivity contribution in [2.24, 2.45) is 7.05 Å². The lowest BCUT2D eigenvalue weighted by atomic mass is 10.3. The number of carboxylic acid groups (broad SMARTS) is 1. The van der Waals surface area contributed by atoms with Crippen LogP contribution in [0.15, 0.2) is 24.3 Å². The van der Waals surface area contributed by atoms with Gasteiger partial charge in [0.1, 0.15) is 5.69 Å². The number of carbonyl (C=O) groups excluding carboxylic acids is 1. The van der Waals surface area contributed by atoms with Crippen LogP contribution in [0.3, 0.4) is 0 Å². The molecule has 0 aliphatic heterocycles. The van der Waals surface area contributed by atoms with Gasteiger partial charge in [0, 0.05) is 22.9 Å². The summed E-state index contributed by atoms with van der Waals surface area (Å²) in [6.45, 7) is 2.23. The molecule has 1 amide bonds. The lowest BCUT2D eigenvalue weighted by molar-refractivity contribution is -0.131. The first-order chi connectivity index (χ1) is 9.95. The molecule has 0 fully saturated rings. The number of aryl methyl sites for hydroxylation is 2. The molecule has 0 unspecified atom stereocenters. The Morgan fingerprint density at radius 2 is 2.24 bits per heavy atom. The predicted molar refractivity (Wildman–Crippen MR) is 80.1 cm³/mol. The minimum atomic E-state index is -0.982.